The number of allylic oxidation sites excluding steroid dienone is 1. The number of hydrogen-bond acceptors (Lipinski definition) is 2. The van der Waals surface area contributed by atoms with E-state index in [0.29, 0.717) is 0 Å². The van der Waals surface area contributed by atoms with Gasteiger partial charge in [-0.25, -0.2) is 4.79 Å². The Morgan fingerprint density at radius 2 is 2.19 bits per heavy atom. The Kier molecular flexibility index (Phi) is 4.38. The van der Waals surface area contributed by atoms with Crippen LogP contribution in [-0.2, 0) is 6.42 Å². The highest BCUT2D eigenvalue weighted by molar-refractivity contribution is 6.33. The van der Waals surface area contributed by atoms with Crippen LogP contribution in [0.25, 0.3) is 0 Å². The van der Waals surface area contributed by atoms with E-state index in [2.05, 4.69) is 0 Å². The molecule has 0 aromatic heterocycles. The summed E-state index contributed by atoms with van der Waals surface area (Å²) in [6.45, 7) is 0. The predicted molar refractivity (Wildman–Crippen MR) is 64.9 cm³/mol. The fraction of sp³-hybridized carbons (Fsp3) is 0.250. The molecule has 16 heavy (non-hydrogen) atoms. The van der Waals surface area contributed by atoms with E-state index in [9.17, 15) is 4.79 Å². The summed E-state index contributed by atoms with van der Waals surface area (Å²) in [7, 11) is 3.88. The third-order valence-corrected chi connectivity index (χ3v) is 2.33. The lowest BCUT2D eigenvalue weighted by Gasteiger charge is -2.04. The monoisotopic (exact) mass is 239 g/mol. The Hall–Kier alpha value is -1.48. The van der Waals surface area contributed by atoms with Crippen LogP contribution in [0.1, 0.15) is 15.9 Å². The molecule has 0 saturated heterocycles. The molecule has 0 fully saturated rings. The van der Waals surface area contributed by atoms with E-state index >= 15 is 0 Å². The Morgan fingerprint density at radius 1 is 1.50 bits per heavy atom. The molecular formula is C12H14ClNO2. The van der Waals surface area contributed by atoms with Crippen LogP contribution >= 0.6 is 11.6 Å². The molecule has 3 nitrogen and oxygen atoms in total. The summed E-state index contributed by atoms with van der Waals surface area (Å²) in [5.74, 6) is -1.000. The summed E-state index contributed by atoms with van der Waals surface area (Å²) in [5, 5.41) is 9.08. The number of carbonyl (C=O) groups is 1. The minimum Gasteiger partial charge on any atom is -0.478 e. The largest absolute Gasteiger partial charge is 0.478 e. The van der Waals surface area contributed by atoms with Crippen molar-refractivity contribution in [1.82, 2.24) is 4.90 Å². The van der Waals surface area contributed by atoms with Crippen LogP contribution in [0.2, 0.25) is 5.02 Å². The zero-order valence-corrected chi connectivity index (χ0v) is 10.0. The number of rotatable bonds is 4. The van der Waals surface area contributed by atoms with E-state index in [1.165, 1.54) is 6.07 Å². The first-order chi connectivity index (χ1) is 7.50. The summed E-state index contributed by atoms with van der Waals surface area (Å²) in [6.07, 6.45) is 4.67. The fourth-order valence-corrected chi connectivity index (χ4v) is 1.54. The lowest BCUT2D eigenvalue weighted by atomic mass is 10.1. The maximum absolute atomic E-state index is 10.7. The van der Waals surface area contributed by atoms with Crippen LogP contribution in [0.5, 0.6) is 0 Å². The molecule has 0 unspecified atom stereocenters. The van der Waals surface area contributed by atoms with Gasteiger partial charge in [0.25, 0.3) is 0 Å². The van der Waals surface area contributed by atoms with Gasteiger partial charge in [-0.15, -0.1) is 0 Å². The Balaban J connectivity index is 2.78. The van der Waals surface area contributed by atoms with Gasteiger partial charge < -0.3 is 10.0 Å². The number of carboxylic acid groups (broad SMARTS) is 1. The molecule has 0 heterocycles. The number of nitrogens with zero attached hydrogens (tertiary/aromatic N) is 1. The molecular weight excluding hydrogens is 226 g/mol. The molecule has 4 heteroatoms. The lowest BCUT2D eigenvalue weighted by Crippen LogP contribution is -2.00. The molecule has 0 amide bonds. The predicted octanol–water partition coefficient (Wildman–Crippen LogP) is 2.66. The van der Waals surface area contributed by atoms with Crippen molar-refractivity contribution in [3.8, 4) is 0 Å². The molecule has 0 radical (unpaired) electrons. The van der Waals surface area contributed by atoms with E-state index < -0.39 is 5.97 Å². The lowest BCUT2D eigenvalue weighted by molar-refractivity contribution is 0.0697. The molecule has 0 aliphatic carbocycles. The Labute approximate surface area is 100.0 Å². The zero-order valence-electron chi connectivity index (χ0n) is 9.27. The molecule has 0 spiro atoms. The van der Waals surface area contributed by atoms with Crippen LogP contribution in [0.4, 0.5) is 0 Å². The van der Waals surface area contributed by atoms with Gasteiger partial charge in [0.15, 0.2) is 0 Å². The second-order valence-electron chi connectivity index (χ2n) is 3.67. The van der Waals surface area contributed by atoms with E-state index in [1.54, 1.807) is 12.1 Å². The van der Waals surface area contributed by atoms with Crippen LogP contribution in [0, 0.1) is 0 Å². The second kappa shape index (κ2) is 5.56. The molecule has 0 saturated carbocycles. The van der Waals surface area contributed by atoms with Crippen molar-refractivity contribution in [2.75, 3.05) is 14.1 Å². The van der Waals surface area contributed by atoms with Crippen molar-refractivity contribution in [3.05, 3.63) is 46.6 Å². The quantitative estimate of drug-likeness (QED) is 0.878. The smallest absolute Gasteiger partial charge is 0.337 e. The van der Waals surface area contributed by atoms with Gasteiger partial charge in [-0.1, -0.05) is 23.7 Å². The number of carboxylic acids is 1. The van der Waals surface area contributed by atoms with Crippen LogP contribution in [-0.4, -0.2) is 30.1 Å². The molecule has 1 aromatic rings. The summed E-state index contributed by atoms with van der Waals surface area (Å²) < 4.78 is 0. The third kappa shape index (κ3) is 3.59. The Bertz CT molecular complexity index is 413. The van der Waals surface area contributed by atoms with Crippen molar-refractivity contribution in [2.24, 2.45) is 0 Å². The third-order valence-electron chi connectivity index (χ3n) is 2.02. The van der Waals surface area contributed by atoms with E-state index in [4.69, 9.17) is 16.7 Å². The molecule has 0 bridgehead atoms. The van der Waals surface area contributed by atoms with Crippen molar-refractivity contribution >= 4 is 17.6 Å². The van der Waals surface area contributed by atoms with Gasteiger partial charge in [0.05, 0.1) is 10.6 Å². The average molecular weight is 240 g/mol. The van der Waals surface area contributed by atoms with E-state index in [-0.39, 0.29) is 10.6 Å². The maximum Gasteiger partial charge on any atom is 0.337 e. The van der Waals surface area contributed by atoms with Crippen molar-refractivity contribution < 1.29 is 9.90 Å². The first kappa shape index (κ1) is 12.6. The number of halogens is 1. The average Bonchev–Trinajstić information content (AvgIpc) is 2.16. The van der Waals surface area contributed by atoms with Gasteiger partial charge in [0.1, 0.15) is 0 Å². The number of aromatic carboxylic acids is 1. The zero-order chi connectivity index (χ0) is 12.1. The number of hydrogen-bond donors (Lipinski definition) is 1. The van der Waals surface area contributed by atoms with Crippen LogP contribution in [0.3, 0.4) is 0 Å². The SMILES string of the molecule is CN(C)/C=C/Cc1ccc(C(=O)O)c(Cl)c1. The summed E-state index contributed by atoms with van der Waals surface area (Å²) in [4.78, 5) is 12.7. The molecule has 0 aliphatic rings. The molecule has 0 atom stereocenters. The van der Waals surface area contributed by atoms with Gasteiger partial charge in [-0.2, -0.15) is 0 Å². The van der Waals surface area contributed by atoms with Crippen LogP contribution < -0.4 is 0 Å². The topological polar surface area (TPSA) is 40.5 Å². The maximum atomic E-state index is 10.7. The van der Waals surface area contributed by atoms with Crippen LogP contribution in [0.15, 0.2) is 30.5 Å². The van der Waals surface area contributed by atoms with Gasteiger partial charge in [-0.3, -0.25) is 0 Å². The van der Waals surface area contributed by atoms with Crippen molar-refractivity contribution in [2.45, 2.75) is 6.42 Å². The summed E-state index contributed by atoms with van der Waals surface area (Å²) in [6, 6.07) is 4.99. The summed E-state index contributed by atoms with van der Waals surface area (Å²) >= 11 is 5.85. The molecule has 1 N–H and O–H groups in total. The molecule has 1 aromatic carbocycles. The van der Waals surface area contributed by atoms with E-state index in [1.807, 2.05) is 31.3 Å². The van der Waals surface area contributed by atoms with Gasteiger partial charge in [0.2, 0.25) is 0 Å². The first-order valence-electron chi connectivity index (χ1n) is 4.85. The van der Waals surface area contributed by atoms with Gasteiger partial charge in [0, 0.05) is 14.1 Å². The highest BCUT2D eigenvalue weighted by Gasteiger charge is 2.07. The van der Waals surface area contributed by atoms with Crippen molar-refractivity contribution in [1.29, 1.82) is 0 Å². The van der Waals surface area contributed by atoms with Crippen molar-refractivity contribution in [3.63, 3.8) is 0 Å². The normalized spacial score (nSPS) is 10.7. The molecule has 1 rings (SSSR count). The van der Waals surface area contributed by atoms with E-state index in [0.717, 1.165) is 12.0 Å². The Morgan fingerprint density at radius 3 is 2.69 bits per heavy atom. The number of benzene rings is 1. The highest BCUT2D eigenvalue weighted by atomic mass is 35.5. The first-order valence-corrected chi connectivity index (χ1v) is 5.23. The minimum absolute atomic E-state index is 0.141. The summed E-state index contributed by atoms with van der Waals surface area (Å²) in [5.41, 5.74) is 1.13. The highest BCUT2D eigenvalue weighted by Crippen LogP contribution is 2.18. The molecule has 0 aliphatic heterocycles. The molecule has 86 valence electrons. The second-order valence-corrected chi connectivity index (χ2v) is 4.08. The fourth-order valence-electron chi connectivity index (χ4n) is 1.26. The minimum atomic E-state index is -1.000. The van der Waals surface area contributed by atoms with Gasteiger partial charge >= 0.3 is 5.97 Å². The van der Waals surface area contributed by atoms with Gasteiger partial charge in [-0.05, 0) is 30.3 Å². The standard InChI is InChI=1S/C12H14ClNO2/c1-14(2)7-3-4-9-5-6-10(12(15)16)11(13)8-9/h3,5-8H,4H2,1-2H3,(H,15,16)/b7-3+.